The van der Waals surface area contributed by atoms with Gasteiger partial charge in [-0.1, -0.05) is 188 Å². The molecular weight excluding hydrogens is 991 g/mol. The summed E-state index contributed by atoms with van der Waals surface area (Å²) in [7, 11) is 0. The average Bonchev–Trinajstić information content (AvgIpc) is 1.36. The van der Waals surface area contributed by atoms with Crippen molar-refractivity contribution in [2.75, 3.05) is 14.7 Å². The number of aryl methyl sites for hydroxylation is 2. The van der Waals surface area contributed by atoms with Crippen LogP contribution in [0.3, 0.4) is 0 Å². The number of fused-ring (bicyclic) bond motifs is 16. The lowest BCUT2D eigenvalue weighted by molar-refractivity contribution is 0.109. The van der Waals surface area contributed by atoms with Gasteiger partial charge in [0.05, 0.1) is 34.0 Å². The number of nitrogens with zero attached hydrogens (tertiary/aromatic N) is 3. The Bertz CT molecular complexity index is 4100. The summed E-state index contributed by atoms with van der Waals surface area (Å²) in [5.74, 6) is 0.370. The Morgan fingerprint density at radius 1 is 0.463 bits per heavy atom. The van der Waals surface area contributed by atoms with Gasteiger partial charge in [0.15, 0.2) is 0 Å². The van der Waals surface area contributed by atoms with Gasteiger partial charge < -0.3 is 14.7 Å². The Morgan fingerprint density at radius 3 is 1.74 bits per heavy atom. The van der Waals surface area contributed by atoms with Crippen LogP contribution in [-0.2, 0) is 37.9 Å². The highest BCUT2D eigenvalue weighted by Crippen LogP contribution is 2.69. The van der Waals surface area contributed by atoms with E-state index in [1.54, 1.807) is 0 Å². The van der Waals surface area contributed by atoms with Gasteiger partial charge in [0.2, 0.25) is 0 Å². The van der Waals surface area contributed by atoms with Crippen LogP contribution in [0.15, 0.2) is 146 Å². The molecule has 8 aromatic carbocycles. The van der Waals surface area contributed by atoms with Crippen molar-refractivity contribution in [2.45, 2.75) is 193 Å². The molecule has 5 atom stereocenters. The van der Waals surface area contributed by atoms with Crippen molar-refractivity contribution >= 4 is 45.5 Å². The predicted molar refractivity (Wildman–Crippen MR) is 346 cm³/mol. The zero-order chi connectivity index (χ0) is 57.5. The van der Waals surface area contributed by atoms with Crippen LogP contribution in [0.5, 0.6) is 0 Å². The van der Waals surface area contributed by atoms with Gasteiger partial charge in [-0.05, 0) is 207 Å². The van der Waals surface area contributed by atoms with E-state index in [0.717, 1.165) is 25.7 Å². The average molecular weight is 1080 g/mol. The molecule has 7 aliphatic rings. The first-order chi connectivity index (χ1) is 38.6. The second-order valence-corrected chi connectivity index (χ2v) is 31.2. The molecule has 6 bridgehead atoms. The maximum atomic E-state index is 2.88. The van der Waals surface area contributed by atoms with Crippen molar-refractivity contribution in [1.82, 2.24) is 0 Å². The number of hydrogen-bond acceptors (Lipinski definition) is 3. The SMILES string of the molecule is Cc1cc2c3c(c1)N(c1ccc(C(C)(C)C)cc1-c1ccccc1)c1cc4c(cc1C3c1ccc3cc1N2c1cc2c(cc1C)C(C)(C)c1ccccc1C2(C)C1CCC2(C)c5cc(C(C)(C)C)ccc5N3C2(C)C1)C(C)(C)CC4(C)C. The second kappa shape index (κ2) is 16.3. The lowest BCUT2D eigenvalue weighted by atomic mass is 9.49. The fourth-order valence-corrected chi connectivity index (χ4v) is 18.5. The zero-order valence-corrected chi connectivity index (χ0v) is 52.2. The van der Waals surface area contributed by atoms with E-state index in [1.165, 1.54) is 135 Å². The van der Waals surface area contributed by atoms with Gasteiger partial charge in [0.1, 0.15) is 0 Å². The summed E-state index contributed by atoms with van der Waals surface area (Å²) in [5, 5.41) is 0. The third kappa shape index (κ3) is 6.66. The molecule has 82 heavy (non-hydrogen) atoms. The molecular formula is C79H85N3. The smallest absolute Gasteiger partial charge is 0.0540 e. The van der Waals surface area contributed by atoms with Crippen LogP contribution in [-0.4, -0.2) is 5.54 Å². The highest BCUT2D eigenvalue weighted by molar-refractivity contribution is 6.01. The van der Waals surface area contributed by atoms with E-state index < -0.39 is 0 Å². The number of anilines is 8. The largest absolute Gasteiger partial charge is 0.334 e. The molecule has 4 aliphatic heterocycles. The lowest BCUT2D eigenvalue weighted by Gasteiger charge is -2.58. The molecule has 3 aliphatic carbocycles. The van der Waals surface area contributed by atoms with Crippen LogP contribution in [0.1, 0.15) is 213 Å². The second-order valence-electron chi connectivity index (χ2n) is 31.2. The Hall–Kier alpha value is -6.84. The molecule has 0 radical (unpaired) electrons. The molecule has 416 valence electrons. The molecule has 0 N–H and O–H groups in total. The highest BCUT2D eigenvalue weighted by atomic mass is 15.3. The number of hydrogen-bond donors (Lipinski definition) is 0. The van der Waals surface area contributed by atoms with Gasteiger partial charge in [-0.3, -0.25) is 0 Å². The maximum absolute atomic E-state index is 2.88. The number of rotatable bonds is 2. The fraction of sp³-hybridized carbons (Fsp3) is 0.392. The third-order valence-electron chi connectivity index (χ3n) is 22.9. The van der Waals surface area contributed by atoms with E-state index in [9.17, 15) is 0 Å². The van der Waals surface area contributed by atoms with Crippen molar-refractivity contribution in [3.05, 3.63) is 223 Å². The van der Waals surface area contributed by atoms with Crippen molar-refractivity contribution in [3.8, 4) is 11.1 Å². The summed E-state index contributed by atoms with van der Waals surface area (Å²) in [5.41, 5.74) is 32.1. The van der Waals surface area contributed by atoms with Crippen LogP contribution in [0.4, 0.5) is 45.5 Å². The topological polar surface area (TPSA) is 9.72 Å². The lowest BCUT2D eigenvalue weighted by Crippen LogP contribution is -2.59. The minimum absolute atomic E-state index is 0.00698. The molecule has 0 saturated heterocycles. The Balaban J connectivity index is 1.08. The summed E-state index contributed by atoms with van der Waals surface area (Å²) < 4.78 is 0. The minimum Gasteiger partial charge on any atom is -0.334 e. The molecule has 15 rings (SSSR count). The first kappa shape index (κ1) is 52.0. The molecule has 0 amide bonds. The summed E-state index contributed by atoms with van der Waals surface area (Å²) in [6.07, 6.45) is 4.47. The molecule has 3 heteroatoms. The summed E-state index contributed by atoms with van der Waals surface area (Å²) in [6, 6.07) is 59.4. The molecule has 4 heterocycles. The molecule has 1 saturated carbocycles. The van der Waals surface area contributed by atoms with Crippen molar-refractivity contribution < 1.29 is 0 Å². The molecule has 8 aromatic rings. The quantitative estimate of drug-likeness (QED) is 0.171. The molecule has 0 spiro atoms. The van der Waals surface area contributed by atoms with E-state index in [-0.39, 0.29) is 49.4 Å². The summed E-state index contributed by atoms with van der Waals surface area (Å²) in [4.78, 5) is 8.37. The van der Waals surface area contributed by atoms with Crippen LogP contribution in [0, 0.1) is 19.8 Å². The van der Waals surface area contributed by atoms with Gasteiger partial charge in [-0.25, -0.2) is 0 Å². The van der Waals surface area contributed by atoms with Gasteiger partial charge in [0, 0.05) is 50.4 Å². The molecule has 1 fully saturated rings. The van der Waals surface area contributed by atoms with E-state index in [0.29, 0.717) is 5.92 Å². The van der Waals surface area contributed by atoms with Crippen LogP contribution in [0.25, 0.3) is 11.1 Å². The Labute approximate surface area is 490 Å². The molecule has 0 aromatic heterocycles. The zero-order valence-electron chi connectivity index (χ0n) is 52.2. The summed E-state index contributed by atoms with van der Waals surface area (Å²) in [6.45, 7) is 41.9. The van der Waals surface area contributed by atoms with Crippen molar-refractivity contribution in [2.24, 2.45) is 5.92 Å². The highest BCUT2D eigenvalue weighted by Gasteiger charge is 2.63. The van der Waals surface area contributed by atoms with E-state index >= 15 is 0 Å². The maximum Gasteiger partial charge on any atom is 0.0540 e. The van der Waals surface area contributed by atoms with Gasteiger partial charge >= 0.3 is 0 Å². The van der Waals surface area contributed by atoms with Crippen LogP contribution >= 0.6 is 0 Å². The van der Waals surface area contributed by atoms with E-state index in [1.807, 2.05) is 0 Å². The van der Waals surface area contributed by atoms with Crippen LogP contribution < -0.4 is 14.7 Å². The van der Waals surface area contributed by atoms with E-state index in [4.69, 9.17) is 0 Å². The van der Waals surface area contributed by atoms with E-state index in [2.05, 4.69) is 278 Å². The van der Waals surface area contributed by atoms with Crippen LogP contribution in [0.2, 0.25) is 0 Å². The fourth-order valence-electron chi connectivity index (χ4n) is 18.5. The summed E-state index contributed by atoms with van der Waals surface area (Å²) >= 11 is 0. The monoisotopic (exact) mass is 1080 g/mol. The minimum atomic E-state index is -0.255. The standard InChI is InChI=1S/C79H85N3/c1-46-35-68-71-69(36-46)81-65-43-61-60(37-47(65)2)76(13,14)56-25-21-22-26-57(56)79(61,17)51-33-34-77(15)62-39-50(73(6,7)8)28-32-64(62)82(78(77,16)44-51)52-29-30-53(66(81)40-52)70(71)55-41-58-59(75(11,12)45-74(58,9)10)42-67(55)80(68)63-31-27-49(72(3,4)5)38-54(63)48-23-19-18-20-24-48/h18-32,35-43,51,70H,33-34,44-45H2,1-17H3. The molecule has 5 unspecified atom stereocenters. The van der Waals surface area contributed by atoms with Gasteiger partial charge in [-0.15, -0.1) is 0 Å². The first-order valence-corrected chi connectivity index (χ1v) is 31.1. The Morgan fingerprint density at radius 2 is 1.06 bits per heavy atom. The van der Waals surface area contributed by atoms with Crippen molar-refractivity contribution in [1.29, 1.82) is 0 Å². The first-order valence-electron chi connectivity index (χ1n) is 31.1. The normalized spacial score (nSPS) is 25.1. The number of benzene rings is 8. The van der Waals surface area contributed by atoms with Crippen molar-refractivity contribution in [3.63, 3.8) is 0 Å². The predicted octanol–water partition coefficient (Wildman–Crippen LogP) is 21.2. The van der Waals surface area contributed by atoms with Gasteiger partial charge in [-0.2, -0.15) is 0 Å². The van der Waals surface area contributed by atoms with Gasteiger partial charge in [0.25, 0.3) is 0 Å². The third-order valence-corrected chi connectivity index (χ3v) is 22.9. The Kier molecular flexibility index (Phi) is 10.3. The molecule has 3 nitrogen and oxygen atoms in total.